The maximum Gasteiger partial charge on any atom is 0.227 e. The van der Waals surface area contributed by atoms with E-state index in [2.05, 4.69) is 15.9 Å². The van der Waals surface area contributed by atoms with Gasteiger partial charge in [-0.05, 0) is 38.0 Å². The number of carbonyl (C=O) groups excluding carboxylic acids is 1. The lowest BCUT2D eigenvalue weighted by Gasteiger charge is -2.31. The van der Waals surface area contributed by atoms with Gasteiger partial charge in [-0.15, -0.1) is 0 Å². The van der Waals surface area contributed by atoms with Crippen LogP contribution in [-0.2, 0) is 11.2 Å². The van der Waals surface area contributed by atoms with E-state index in [0.717, 1.165) is 10.0 Å². The van der Waals surface area contributed by atoms with E-state index in [4.69, 9.17) is 0 Å². The average Bonchev–Trinajstić information content (AvgIpc) is 2.51. The molecular formula is C14H18BrNO2. The Labute approximate surface area is 116 Å². The number of nitrogens with zero attached hydrogens (tertiary/aromatic N) is 1. The number of benzene rings is 1. The van der Waals surface area contributed by atoms with Crippen molar-refractivity contribution in [1.82, 2.24) is 4.90 Å². The number of hydrogen-bond acceptors (Lipinski definition) is 2. The van der Waals surface area contributed by atoms with E-state index in [9.17, 15) is 9.90 Å². The topological polar surface area (TPSA) is 40.5 Å². The first-order valence-electron chi connectivity index (χ1n) is 6.11. The lowest BCUT2D eigenvalue weighted by Crippen LogP contribution is -2.43. The van der Waals surface area contributed by atoms with E-state index in [1.54, 1.807) is 4.90 Å². The molecule has 0 saturated carbocycles. The molecule has 0 aliphatic carbocycles. The van der Waals surface area contributed by atoms with Gasteiger partial charge >= 0.3 is 0 Å². The Balaban J connectivity index is 2.09. The number of halogens is 1. The SMILES string of the molecule is CC1(C)CC(O)CN1C(=O)Cc1cccc(Br)c1. The van der Waals surface area contributed by atoms with Crippen LogP contribution in [-0.4, -0.2) is 34.1 Å². The van der Waals surface area contributed by atoms with Gasteiger partial charge in [0.2, 0.25) is 5.91 Å². The summed E-state index contributed by atoms with van der Waals surface area (Å²) in [5, 5.41) is 9.69. The van der Waals surface area contributed by atoms with Crippen molar-refractivity contribution in [2.24, 2.45) is 0 Å². The molecule has 1 saturated heterocycles. The zero-order valence-corrected chi connectivity index (χ0v) is 12.3. The summed E-state index contributed by atoms with van der Waals surface area (Å²) in [7, 11) is 0. The van der Waals surface area contributed by atoms with Crippen LogP contribution in [0, 0.1) is 0 Å². The molecule has 1 fully saturated rings. The summed E-state index contributed by atoms with van der Waals surface area (Å²) in [5.74, 6) is 0.0784. The summed E-state index contributed by atoms with van der Waals surface area (Å²) in [6, 6.07) is 7.77. The van der Waals surface area contributed by atoms with Gasteiger partial charge in [-0.1, -0.05) is 28.1 Å². The molecule has 1 aromatic carbocycles. The van der Waals surface area contributed by atoms with Crippen molar-refractivity contribution in [2.75, 3.05) is 6.54 Å². The molecule has 1 unspecified atom stereocenters. The normalized spacial score (nSPS) is 22.2. The third-order valence-corrected chi connectivity index (χ3v) is 3.90. The number of β-amino-alcohol motifs (C(OH)–C–C–N with tert-alkyl or cyclic N) is 1. The van der Waals surface area contributed by atoms with Gasteiger partial charge in [0.05, 0.1) is 12.5 Å². The van der Waals surface area contributed by atoms with Gasteiger partial charge < -0.3 is 10.0 Å². The minimum Gasteiger partial charge on any atom is -0.391 e. The van der Waals surface area contributed by atoms with Gasteiger partial charge in [0.1, 0.15) is 0 Å². The molecule has 18 heavy (non-hydrogen) atoms. The molecule has 4 heteroatoms. The largest absolute Gasteiger partial charge is 0.391 e. The highest BCUT2D eigenvalue weighted by Gasteiger charge is 2.40. The van der Waals surface area contributed by atoms with Crippen LogP contribution in [0.3, 0.4) is 0 Å². The lowest BCUT2D eigenvalue weighted by molar-refractivity contribution is -0.133. The molecule has 1 heterocycles. The summed E-state index contributed by atoms with van der Waals surface area (Å²) in [6.45, 7) is 4.45. The fourth-order valence-corrected chi connectivity index (χ4v) is 3.01. The molecular weight excluding hydrogens is 294 g/mol. The number of likely N-dealkylation sites (tertiary alicyclic amines) is 1. The molecule has 0 radical (unpaired) electrons. The highest BCUT2D eigenvalue weighted by Crippen LogP contribution is 2.29. The van der Waals surface area contributed by atoms with Crippen molar-refractivity contribution >= 4 is 21.8 Å². The van der Waals surface area contributed by atoms with Gasteiger partial charge in [-0.2, -0.15) is 0 Å². The molecule has 98 valence electrons. The fraction of sp³-hybridized carbons (Fsp3) is 0.500. The fourth-order valence-electron chi connectivity index (χ4n) is 2.57. The van der Waals surface area contributed by atoms with Gasteiger partial charge in [0.15, 0.2) is 0 Å². The quantitative estimate of drug-likeness (QED) is 0.911. The van der Waals surface area contributed by atoms with Crippen LogP contribution in [0.15, 0.2) is 28.7 Å². The van der Waals surface area contributed by atoms with Crippen molar-refractivity contribution in [3.8, 4) is 0 Å². The van der Waals surface area contributed by atoms with Gasteiger partial charge in [0, 0.05) is 16.6 Å². The number of amides is 1. The average molecular weight is 312 g/mol. The molecule has 1 aliphatic heterocycles. The summed E-state index contributed by atoms with van der Waals surface area (Å²) >= 11 is 3.40. The van der Waals surface area contributed by atoms with Gasteiger partial charge in [0.25, 0.3) is 0 Å². The predicted molar refractivity (Wildman–Crippen MR) is 74.3 cm³/mol. The van der Waals surface area contributed by atoms with E-state index >= 15 is 0 Å². The molecule has 1 aliphatic rings. The highest BCUT2D eigenvalue weighted by atomic mass is 79.9. The Morgan fingerprint density at radius 3 is 2.83 bits per heavy atom. The molecule has 0 bridgehead atoms. The Kier molecular flexibility index (Phi) is 3.78. The Hall–Kier alpha value is -0.870. The van der Waals surface area contributed by atoms with Crippen LogP contribution in [0.5, 0.6) is 0 Å². The smallest absolute Gasteiger partial charge is 0.227 e. The van der Waals surface area contributed by atoms with Gasteiger partial charge in [-0.3, -0.25) is 4.79 Å². The second-order valence-electron chi connectivity index (χ2n) is 5.48. The number of rotatable bonds is 2. The summed E-state index contributed by atoms with van der Waals surface area (Å²) in [4.78, 5) is 14.1. The maximum absolute atomic E-state index is 12.3. The van der Waals surface area contributed by atoms with E-state index < -0.39 is 6.10 Å². The van der Waals surface area contributed by atoms with Crippen molar-refractivity contribution in [1.29, 1.82) is 0 Å². The van der Waals surface area contributed by atoms with E-state index in [1.165, 1.54) is 0 Å². The van der Waals surface area contributed by atoms with Crippen LogP contribution >= 0.6 is 15.9 Å². The molecule has 1 aromatic rings. The third-order valence-electron chi connectivity index (χ3n) is 3.40. The zero-order chi connectivity index (χ0) is 13.3. The summed E-state index contributed by atoms with van der Waals surface area (Å²) in [6.07, 6.45) is 0.638. The lowest BCUT2D eigenvalue weighted by atomic mass is 10.0. The maximum atomic E-state index is 12.3. The van der Waals surface area contributed by atoms with E-state index in [-0.39, 0.29) is 11.4 Å². The number of hydrogen-bond donors (Lipinski definition) is 1. The third kappa shape index (κ3) is 2.93. The molecule has 1 atom stereocenters. The number of carbonyl (C=O) groups is 1. The van der Waals surface area contributed by atoms with Crippen molar-refractivity contribution in [3.05, 3.63) is 34.3 Å². The van der Waals surface area contributed by atoms with Crippen LogP contribution in [0.1, 0.15) is 25.8 Å². The van der Waals surface area contributed by atoms with Crippen LogP contribution in [0.2, 0.25) is 0 Å². The molecule has 2 rings (SSSR count). The summed E-state index contributed by atoms with van der Waals surface area (Å²) < 4.78 is 0.980. The number of aliphatic hydroxyl groups excluding tert-OH is 1. The Morgan fingerprint density at radius 1 is 1.56 bits per heavy atom. The first-order valence-corrected chi connectivity index (χ1v) is 6.91. The Morgan fingerprint density at radius 2 is 2.28 bits per heavy atom. The monoisotopic (exact) mass is 311 g/mol. The standard InChI is InChI=1S/C14H18BrNO2/c1-14(2)8-12(17)9-16(14)13(18)7-10-4-3-5-11(15)6-10/h3-6,12,17H,7-9H2,1-2H3. The van der Waals surface area contributed by atoms with Gasteiger partial charge in [-0.25, -0.2) is 0 Å². The molecule has 0 spiro atoms. The second kappa shape index (κ2) is 5.02. The highest BCUT2D eigenvalue weighted by molar-refractivity contribution is 9.10. The molecule has 0 aromatic heterocycles. The minimum absolute atomic E-state index is 0.0784. The Bertz CT molecular complexity index is 459. The van der Waals surface area contributed by atoms with Crippen molar-refractivity contribution < 1.29 is 9.90 Å². The molecule has 3 nitrogen and oxygen atoms in total. The van der Waals surface area contributed by atoms with E-state index in [1.807, 2.05) is 38.1 Å². The molecule has 1 amide bonds. The first-order chi connectivity index (χ1) is 8.38. The predicted octanol–water partition coefficient (Wildman–Crippen LogP) is 2.36. The van der Waals surface area contributed by atoms with E-state index in [0.29, 0.717) is 19.4 Å². The van der Waals surface area contributed by atoms with Crippen molar-refractivity contribution in [3.63, 3.8) is 0 Å². The minimum atomic E-state index is -0.397. The number of aliphatic hydroxyl groups is 1. The first kappa shape index (κ1) is 13.6. The van der Waals surface area contributed by atoms with Crippen LogP contribution in [0.4, 0.5) is 0 Å². The van der Waals surface area contributed by atoms with Crippen LogP contribution < -0.4 is 0 Å². The van der Waals surface area contributed by atoms with Crippen molar-refractivity contribution in [2.45, 2.75) is 38.3 Å². The second-order valence-corrected chi connectivity index (χ2v) is 6.40. The molecule has 1 N–H and O–H groups in total. The zero-order valence-electron chi connectivity index (χ0n) is 10.7. The van der Waals surface area contributed by atoms with Crippen LogP contribution in [0.25, 0.3) is 0 Å². The summed E-state index contributed by atoms with van der Waals surface area (Å²) in [5.41, 5.74) is 0.745.